The van der Waals surface area contributed by atoms with E-state index in [1.807, 2.05) is 12.1 Å². The molecule has 0 aliphatic carbocycles. The molecule has 0 unspecified atom stereocenters. The van der Waals surface area contributed by atoms with Crippen molar-refractivity contribution in [1.82, 2.24) is 4.98 Å². The number of anilines is 2. The number of hydrogen-bond acceptors (Lipinski definition) is 4. The summed E-state index contributed by atoms with van der Waals surface area (Å²) in [4.78, 5) is 16.5. The zero-order valence-corrected chi connectivity index (χ0v) is 16.2. The Kier molecular flexibility index (Phi) is 4.78. The third-order valence-corrected chi connectivity index (χ3v) is 6.81. The number of nitrogens with one attached hydrogen (secondary N) is 1. The highest BCUT2D eigenvalue weighted by molar-refractivity contribution is 7.93. The van der Waals surface area contributed by atoms with Gasteiger partial charge in [0.2, 0.25) is 0 Å². The first-order chi connectivity index (χ1) is 13.5. The lowest BCUT2D eigenvalue weighted by Gasteiger charge is -2.20. The molecule has 0 spiro atoms. The summed E-state index contributed by atoms with van der Waals surface area (Å²) in [5.74, 6) is -0.0889. The van der Waals surface area contributed by atoms with E-state index in [0.717, 1.165) is 5.56 Å². The SMILES string of the molecule is O=C(Nc1ccccn1)c1ccc(Cl)c(S(=O)(=O)N2CCc3ccccc32)c1. The number of pyridine rings is 1. The van der Waals surface area contributed by atoms with Crippen molar-refractivity contribution in [2.75, 3.05) is 16.2 Å². The number of carbonyl (C=O) groups is 1. The van der Waals surface area contributed by atoms with Gasteiger partial charge in [-0.3, -0.25) is 9.10 Å². The first-order valence-electron chi connectivity index (χ1n) is 8.59. The van der Waals surface area contributed by atoms with Crippen LogP contribution in [-0.4, -0.2) is 25.9 Å². The zero-order chi connectivity index (χ0) is 19.7. The van der Waals surface area contributed by atoms with Crippen molar-refractivity contribution in [1.29, 1.82) is 0 Å². The van der Waals surface area contributed by atoms with Gasteiger partial charge in [0.15, 0.2) is 0 Å². The minimum atomic E-state index is -3.91. The quantitative estimate of drug-likeness (QED) is 0.706. The summed E-state index contributed by atoms with van der Waals surface area (Å²) in [6.45, 7) is 0.336. The molecule has 6 nitrogen and oxygen atoms in total. The fraction of sp³-hybridized carbons (Fsp3) is 0.100. The third kappa shape index (κ3) is 3.34. The molecular weight excluding hydrogens is 398 g/mol. The van der Waals surface area contributed by atoms with Gasteiger partial charge in [-0.1, -0.05) is 35.9 Å². The van der Waals surface area contributed by atoms with E-state index in [1.165, 1.54) is 22.5 Å². The molecule has 0 atom stereocenters. The van der Waals surface area contributed by atoms with Crippen molar-refractivity contribution >= 4 is 39.0 Å². The molecule has 28 heavy (non-hydrogen) atoms. The Morgan fingerprint density at radius 3 is 2.64 bits per heavy atom. The molecule has 0 bridgehead atoms. The lowest BCUT2D eigenvalue weighted by molar-refractivity contribution is 0.102. The second-order valence-electron chi connectivity index (χ2n) is 6.27. The van der Waals surface area contributed by atoms with Crippen LogP contribution in [-0.2, 0) is 16.4 Å². The van der Waals surface area contributed by atoms with Crippen LogP contribution in [0.5, 0.6) is 0 Å². The normalized spacial score (nSPS) is 13.2. The molecule has 4 rings (SSSR count). The van der Waals surface area contributed by atoms with E-state index in [2.05, 4.69) is 10.3 Å². The van der Waals surface area contributed by atoms with Crippen molar-refractivity contribution < 1.29 is 13.2 Å². The fourth-order valence-electron chi connectivity index (χ4n) is 3.14. The van der Waals surface area contributed by atoms with Crippen LogP contribution >= 0.6 is 11.6 Å². The second-order valence-corrected chi connectivity index (χ2v) is 8.51. The molecular formula is C20H16ClN3O3S. The van der Waals surface area contributed by atoms with Crippen LogP contribution < -0.4 is 9.62 Å². The molecule has 1 aliphatic rings. The molecule has 1 N–H and O–H groups in total. The first kappa shape index (κ1) is 18.5. The molecule has 1 aromatic heterocycles. The van der Waals surface area contributed by atoms with Gasteiger partial charge in [-0.25, -0.2) is 13.4 Å². The van der Waals surface area contributed by atoms with Gasteiger partial charge >= 0.3 is 0 Å². The lowest BCUT2D eigenvalue weighted by atomic mass is 10.2. The Labute approximate surface area is 167 Å². The number of sulfonamides is 1. The highest BCUT2D eigenvalue weighted by atomic mass is 35.5. The van der Waals surface area contributed by atoms with Crippen LogP contribution in [0.4, 0.5) is 11.5 Å². The van der Waals surface area contributed by atoms with Gasteiger partial charge in [0.1, 0.15) is 10.7 Å². The number of aromatic nitrogens is 1. The highest BCUT2D eigenvalue weighted by Crippen LogP contribution is 2.35. The molecule has 0 saturated carbocycles. The van der Waals surface area contributed by atoms with Gasteiger partial charge in [-0.2, -0.15) is 0 Å². The van der Waals surface area contributed by atoms with Crippen molar-refractivity contribution in [2.45, 2.75) is 11.3 Å². The predicted molar refractivity (Wildman–Crippen MR) is 108 cm³/mol. The summed E-state index contributed by atoms with van der Waals surface area (Å²) in [6, 6.07) is 16.7. The van der Waals surface area contributed by atoms with Crippen LogP contribution in [0, 0.1) is 0 Å². The van der Waals surface area contributed by atoms with E-state index in [-0.39, 0.29) is 15.5 Å². The van der Waals surface area contributed by atoms with Gasteiger partial charge in [0.25, 0.3) is 15.9 Å². The highest BCUT2D eigenvalue weighted by Gasteiger charge is 2.32. The number of rotatable bonds is 4. The van der Waals surface area contributed by atoms with E-state index in [4.69, 9.17) is 11.6 Å². The molecule has 3 aromatic rings. The molecule has 1 amide bonds. The molecule has 0 saturated heterocycles. The summed E-state index contributed by atoms with van der Waals surface area (Å²) in [5.41, 5.74) is 1.79. The Morgan fingerprint density at radius 1 is 1.07 bits per heavy atom. The summed E-state index contributed by atoms with van der Waals surface area (Å²) in [5, 5.41) is 2.71. The third-order valence-electron chi connectivity index (χ3n) is 4.51. The molecule has 142 valence electrons. The number of hydrogen-bond donors (Lipinski definition) is 1. The summed E-state index contributed by atoms with van der Waals surface area (Å²) >= 11 is 6.20. The van der Waals surface area contributed by atoms with Gasteiger partial charge in [0, 0.05) is 18.3 Å². The van der Waals surface area contributed by atoms with Crippen molar-refractivity contribution in [3.05, 3.63) is 83.0 Å². The lowest BCUT2D eigenvalue weighted by Crippen LogP contribution is -2.29. The fourth-order valence-corrected chi connectivity index (χ4v) is 5.15. The topological polar surface area (TPSA) is 79.4 Å². The van der Waals surface area contributed by atoms with E-state index in [1.54, 1.807) is 36.5 Å². The maximum Gasteiger partial charge on any atom is 0.265 e. The Hall–Kier alpha value is -2.90. The maximum absolute atomic E-state index is 13.2. The Balaban J connectivity index is 1.68. The second kappa shape index (κ2) is 7.26. The number of halogens is 1. The molecule has 0 fully saturated rings. The van der Waals surface area contributed by atoms with E-state index in [0.29, 0.717) is 24.5 Å². The maximum atomic E-state index is 13.2. The monoisotopic (exact) mass is 413 g/mol. The van der Waals surface area contributed by atoms with Gasteiger partial charge in [0.05, 0.1) is 10.7 Å². The Bertz CT molecular complexity index is 1150. The first-order valence-corrected chi connectivity index (χ1v) is 10.4. The molecule has 1 aliphatic heterocycles. The Morgan fingerprint density at radius 2 is 1.86 bits per heavy atom. The smallest absolute Gasteiger partial charge is 0.265 e. The van der Waals surface area contributed by atoms with Crippen LogP contribution in [0.3, 0.4) is 0 Å². The van der Waals surface area contributed by atoms with Crippen molar-refractivity contribution in [3.63, 3.8) is 0 Å². The van der Waals surface area contributed by atoms with Crippen LogP contribution in [0.2, 0.25) is 5.02 Å². The van der Waals surface area contributed by atoms with E-state index in [9.17, 15) is 13.2 Å². The number of carbonyl (C=O) groups excluding carboxylic acids is 1. The summed E-state index contributed by atoms with van der Waals surface area (Å²) in [6.07, 6.45) is 2.19. The molecule has 2 aromatic carbocycles. The summed E-state index contributed by atoms with van der Waals surface area (Å²) in [7, 11) is -3.91. The average Bonchev–Trinajstić information content (AvgIpc) is 3.14. The van der Waals surface area contributed by atoms with E-state index >= 15 is 0 Å². The van der Waals surface area contributed by atoms with E-state index < -0.39 is 15.9 Å². The van der Waals surface area contributed by atoms with Crippen LogP contribution in [0.1, 0.15) is 15.9 Å². The minimum absolute atomic E-state index is 0.0683. The van der Waals surface area contributed by atoms with Crippen LogP contribution in [0.15, 0.2) is 71.8 Å². The largest absolute Gasteiger partial charge is 0.307 e. The number of fused-ring (bicyclic) bond motifs is 1. The molecule has 2 heterocycles. The number of benzene rings is 2. The number of amides is 1. The van der Waals surface area contributed by atoms with Crippen molar-refractivity contribution in [2.24, 2.45) is 0 Å². The van der Waals surface area contributed by atoms with Crippen LogP contribution in [0.25, 0.3) is 0 Å². The standard InChI is InChI=1S/C20H16ClN3O3S/c21-16-9-8-15(20(25)23-19-7-3-4-11-22-19)13-18(16)28(26,27)24-12-10-14-5-1-2-6-17(14)24/h1-9,11,13H,10,12H2,(H,22,23,25). The average molecular weight is 414 g/mol. The minimum Gasteiger partial charge on any atom is -0.307 e. The predicted octanol–water partition coefficient (Wildman–Crippen LogP) is 3.74. The number of para-hydroxylation sites is 1. The molecule has 8 heteroatoms. The van der Waals surface area contributed by atoms with Gasteiger partial charge < -0.3 is 5.32 Å². The summed E-state index contributed by atoms with van der Waals surface area (Å²) < 4.78 is 27.8. The molecule has 0 radical (unpaired) electrons. The number of nitrogens with zero attached hydrogens (tertiary/aromatic N) is 2. The van der Waals surface area contributed by atoms with Gasteiger partial charge in [-0.15, -0.1) is 0 Å². The zero-order valence-electron chi connectivity index (χ0n) is 14.7. The van der Waals surface area contributed by atoms with Gasteiger partial charge in [-0.05, 0) is 48.4 Å². The van der Waals surface area contributed by atoms with Crippen molar-refractivity contribution in [3.8, 4) is 0 Å².